The number of aliphatic hydroxyl groups excluding tert-OH is 1. The van der Waals surface area contributed by atoms with Crippen LogP contribution in [0.5, 0.6) is 0 Å². The van der Waals surface area contributed by atoms with Crippen molar-refractivity contribution in [3.8, 4) is 0 Å². The Morgan fingerprint density at radius 3 is 1.68 bits per heavy atom. The first-order chi connectivity index (χ1) is 12.4. The SMILES string of the molecule is C=C[C@H](OC)[C@@H](O[Si](C)(C)C(C)(C)C)[C@@H](/C=C(/C)CO)O[Si](C)(C)C(C)(C)C. The van der Waals surface area contributed by atoms with Crippen molar-refractivity contribution < 1.29 is 18.7 Å². The lowest BCUT2D eigenvalue weighted by Gasteiger charge is -2.46. The molecule has 0 fully saturated rings. The van der Waals surface area contributed by atoms with Gasteiger partial charge in [-0.3, -0.25) is 0 Å². The number of hydrogen-bond acceptors (Lipinski definition) is 4. The zero-order valence-electron chi connectivity index (χ0n) is 20.5. The van der Waals surface area contributed by atoms with Gasteiger partial charge in [0.1, 0.15) is 12.2 Å². The summed E-state index contributed by atoms with van der Waals surface area (Å²) >= 11 is 0. The van der Waals surface area contributed by atoms with Crippen molar-refractivity contribution in [1.82, 2.24) is 0 Å². The molecule has 0 bridgehead atoms. The Labute approximate surface area is 176 Å². The highest BCUT2D eigenvalue weighted by atomic mass is 28.4. The molecule has 0 aliphatic rings. The summed E-state index contributed by atoms with van der Waals surface area (Å²) in [6, 6.07) is 0. The first-order valence-corrected chi connectivity index (χ1v) is 16.0. The summed E-state index contributed by atoms with van der Waals surface area (Å²) in [5.74, 6) is 0. The van der Waals surface area contributed by atoms with Gasteiger partial charge in [0.05, 0.1) is 12.7 Å². The normalized spacial score (nSPS) is 18.0. The molecule has 0 heterocycles. The summed E-state index contributed by atoms with van der Waals surface area (Å²) in [6.07, 6.45) is 2.87. The zero-order valence-corrected chi connectivity index (χ0v) is 22.5. The molecule has 0 aliphatic heterocycles. The molecule has 0 aromatic rings. The standard InChI is InChI=1S/C22H46O4Si2/c1-14-18(24-9)20(26-28(12,13)22(6,7)8)19(15-17(2)16-23)25-27(10,11)21(3,4)5/h14-15,18-20,23H,1,16H2,2-13H3/b17-15-/t18-,19+,20+/m0/s1. The molecule has 166 valence electrons. The number of hydrogen-bond donors (Lipinski definition) is 1. The van der Waals surface area contributed by atoms with Crippen LogP contribution in [0.1, 0.15) is 48.5 Å². The van der Waals surface area contributed by atoms with E-state index in [1.54, 1.807) is 13.2 Å². The van der Waals surface area contributed by atoms with Crippen molar-refractivity contribution in [2.75, 3.05) is 13.7 Å². The second-order valence-corrected chi connectivity index (χ2v) is 20.3. The quantitative estimate of drug-likeness (QED) is 0.346. The second kappa shape index (κ2) is 10.2. The van der Waals surface area contributed by atoms with Gasteiger partial charge in [-0.2, -0.15) is 0 Å². The van der Waals surface area contributed by atoms with Crippen molar-refractivity contribution in [3.05, 3.63) is 24.3 Å². The predicted molar refractivity (Wildman–Crippen MR) is 126 cm³/mol. The van der Waals surface area contributed by atoms with Crippen LogP contribution in [0.15, 0.2) is 24.3 Å². The molecule has 0 rings (SSSR count). The van der Waals surface area contributed by atoms with E-state index in [-0.39, 0.29) is 35.0 Å². The molecule has 0 saturated heterocycles. The Balaban J connectivity index is 6.28. The maximum absolute atomic E-state index is 9.64. The van der Waals surface area contributed by atoms with Crippen molar-refractivity contribution in [3.63, 3.8) is 0 Å². The fourth-order valence-corrected chi connectivity index (χ4v) is 4.79. The van der Waals surface area contributed by atoms with E-state index < -0.39 is 16.6 Å². The molecule has 0 aromatic heterocycles. The molecule has 0 amide bonds. The predicted octanol–water partition coefficient (Wildman–Crippen LogP) is 5.91. The van der Waals surface area contributed by atoms with Crippen LogP contribution in [0.4, 0.5) is 0 Å². The molecule has 0 saturated carbocycles. The largest absolute Gasteiger partial charge is 0.408 e. The second-order valence-electron chi connectivity index (χ2n) is 10.8. The van der Waals surface area contributed by atoms with Gasteiger partial charge in [0.15, 0.2) is 16.6 Å². The van der Waals surface area contributed by atoms with Crippen molar-refractivity contribution in [1.29, 1.82) is 0 Å². The first kappa shape index (κ1) is 27.8. The molecule has 28 heavy (non-hydrogen) atoms. The van der Waals surface area contributed by atoms with E-state index in [4.69, 9.17) is 13.6 Å². The molecule has 1 N–H and O–H groups in total. The van der Waals surface area contributed by atoms with Crippen LogP contribution >= 0.6 is 0 Å². The molecule has 0 aromatic carbocycles. The minimum atomic E-state index is -2.09. The Kier molecular flexibility index (Phi) is 10.1. The van der Waals surface area contributed by atoms with Gasteiger partial charge in [-0.1, -0.05) is 53.7 Å². The molecule has 0 spiro atoms. The van der Waals surface area contributed by atoms with Crippen molar-refractivity contribution >= 4 is 16.6 Å². The lowest BCUT2D eigenvalue weighted by molar-refractivity contribution is -0.0272. The summed E-state index contributed by atoms with van der Waals surface area (Å²) in [4.78, 5) is 0. The summed E-state index contributed by atoms with van der Waals surface area (Å²) in [6.45, 7) is 28.2. The minimum absolute atomic E-state index is 0.00406. The number of ether oxygens (including phenoxy) is 1. The summed E-state index contributed by atoms with van der Waals surface area (Å²) < 4.78 is 19.4. The highest BCUT2D eigenvalue weighted by Gasteiger charge is 2.46. The van der Waals surface area contributed by atoms with E-state index in [1.165, 1.54) is 0 Å². The van der Waals surface area contributed by atoms with E-state index in [2.05, 4.69) is 74.3 Å². The van der Waals surface area contributed by atoms with Gasteiger partial charge in [-0.15, -0.1) is 6.58 Å². The third-order valence-electron chi connectivity index (χ3n) is 6.32. The van der Waals surface area contributed by atoms with Crippen LogP contribution in [0.3, 0.4) is 0 Å². The first-order valence-electron chi connectivity index (χ1n) is 10.2. The Morgan fingerprint density at radius 2 is 1.36 bits per heavy atom. The molecule has 3 atom stereocenters. The summed E-state index contributed by atoms with van der Waals surface area (Å²) in [5.41, 5.74) is 0.867. The molecular formula is C22H46O4Si2. The maximum Gasteiger partial charge on any atom is 0.193 e. The summed E-state index contributed by atoms with van der Waals surface area (Å²) in [7, 11) is -2.50. The highest BCUT2D eigenvalue weighted by molar-refractivity contribution is 6.74. The average Bonchev–Trinajstić information content (AvgIpc) is 2.51. The third-order valence-corrected chi connectivity index (χ3v) is 15.3. The maximum atomic E-state index is 9.64. The highest BCUT2D eigenvalue weighted by Crippen LogP contribution is 2.41. The van der Waals surface area contributed by atoms with Crippen molar-refractivity contribution in [2.45, 2.75) is 103 Å². The summed E-state index contributed by atoms with van der Waals surface area (Å²) in [5, 5.41) is 9.76. The lowest BCUT2D eigenvalue weighted by Crippen LogP contribution is -2.54. The fraction of sp³-hybridized carbons (Fsp3) is 0.818. The lowest BCUT2D eigenvalue weighted by atomic mass is 10.1. The van der Waals surface area contributed by atoms with Gasteiger partial charge in [0, 0.05) is 7.11 Å². The minimum Gasteiger partial charge on any atom is -0.408 e. The van der Waals surface area contributed by atoms with E-state index in [0.717, 1.165) is 5.57 Å². The average molecular weight is 431 g/mol. The molecule has 0 unspecified atom stereocenters. The molecule has 0 aliphatic carbocycles. The van der Waals surface area contributed by atoms with E-state index in [0.29, 0.717) is 0 Å². The van der Waals surface area contributed by atoms with Gasteiger partial charge in [-0.25, -0.2) is 0 Å². The van der Waals surface area contributed by atoms with E-state index >= 15 is 0 Å². The number of aliphatic hydroxyl groups is 1. The van der Waals surface area contributed by atoms with Crippen LogP contribution in [-0.2, 0) is 13.6 Å². The van der Waals surface area contributed by atoms with Crippen LogP contribution in [0.2, 0.25) is 36.3 Å². The van der Waals surface area contributed by atoms with Crippen LogP contribution < -0.4 is 0 Å². The van der Waals surface area contributed by atoms with E-state index in [9.17, 15) is 5.11 Å². The van der Waals surface area contributed by atoms with E-state index in [1.807, 2.05) is 13.0 Å². The van der Waals surface area contributed by atoms with Crippen molar-refractivity contribution in [2.24, 2.45) is 0 Å². The molecule has 0 radical (unpaired) electrons. The van der Waals surface area contributed by atoms with Gasteiger partial charge < -0.3 is 18.7 Å². The smallest absolute Gasteiger partial charge is 0.193 e. The monoisotopic (exact) mass is 430 g/mol. The molecule has 4 nitrogen and oxygen atoms in total. The topological polar surface area (TPSA) is 47.9 Å². The Bertz CT molecular complexity index is 528. The Morgan fingerprint density at radius 1 is 0.929 bits per heavy atom. The fourth-order valence-electron chi connectivity index (χ4n) is 2.25. The van der Waals surface area contributed by atoms with Gasteiger partial charge in [0.25, 0.3) is 0 Å². The van der Waals surface area contributed by atoms with Crippen LogP contribution in [0, 0.1) is 0 Å². The van der Waals surface area contributed by atoms with Crippen LogP contribution in [-0.4, -0.2) is 53.8 Å². The number of rotatable bonds is 10. The van der Waals surface area contributed by atoms with Gasteiger partial charge >= 0.3 is 0 Å². The van der Waals surface area contributed by atoms with Gasteiger partial charge in [0.2, 0.25) is 0 Å². The molecular weight excluding hydrogens is 384 g/mol. The van der Waals surface area contributed by atoms with Gasteiger partial charge in [-0.05, 0) is 48.8 Å². The zero-order chi connectivity index (χ0) is 22.6. The third kappa shape index (κ3) is 7.54. The van der Waals surface area contributed by atoms with Crippen LogP contribution in [0.25, 0.3) is 0 Å². The number of methoxy groups -OCH3 is 1. The Hall–Kier alpha value is -0.246. The molecule has 6 heteroatoms.